The van der Waals surface area contributed by atoms with Crippen LogP contribution in [0, 0.1) is 0 Å². The molecule has 2 rings (SSSR count). The van der Waals surface area contributed by atoms with E-state index >= 15 is 0 Å². The summed E-state index contributed by atoms with van der Waals surface area (Å²) in [5, 5.41) is 12.1. The number of pyridine rings is 1. The molecule has 98 valence electrons. The van der Waals surface area contributed by atoms with Gasteiger partial charge in [0.25, 0.3) is 0 Å². The van der Waals surface area contributed by atoms with E-state index in [9.17, 15) is 4.79 Å². The van der Waals surface area contributed by atoms with Crippen LogP contribution in [0.5, 0.6) is 0 Å². The smallest absolute Gasteiger partial charge is 0.354 e. The second-order valence-electron chi connectivity index (χ2n) is 4.72. The van der Waals surface area contributed by atoms with Crippen molar-refractivity contribution in [3.63, 3.8) is 0 Å². The van der Waals surface area contributed by atoms with Gasteiger partial charge < -0.3 is 15.3 Å². The van der Waals surface area contributed by atoms with E-state index in [0.29, 0.717) is 11.9 Å². The molecule has 1 aromatic heterocycles. The lowest BCUT2D eigenvalue weighted by atomic mass is 10.0. The molecule has 0 bridgehead atoms. The highest BCUT2D eigenvalue weighted by atomic mass is 16.4. The molecule has 18 heavy (non-hydrogen) atoms. The minimum absolute atomic E-state index is 0.0806. The molecular formula is C13H19N3O2. The number of likely N-dealkylation sites (N-methyl/N-ethyl adjacent to an activating group) is 1. The molecule has 1 aromatic rings. The largest absolute Gasteiger partial charge is 0.477 e. The van der Waals surface area contributed by atoms with E-state index < -0.39 is 5.97 Å². The third-order valence-electron chi connectivity index (χ3n) is 3.41. The molecule has 0 radical (unpaired) electrons. The van der Waals surface area contributed by atoms with Gasteiger partial charge in [-0.2, -0.15) is 0 Å². The summed E-state index contributed by atoms with van der Waals surface area (Å²) < 4.78 is 0. The van der Waals surface area contributed by atoms with Crippen molar-refractivity contribution < 1.29 is 9.90 Å². The Bertz CT molecular complexity index is 422. The van der Waals surface area contributed by atoms with Crippen LogP contribution in [-0.2, 0) is 0 Å². The van der Waals surface area contributed by atoms with Gasteiger partial charge in [0.15, 0.2) is 5.69 Å². The first kappa shape index (κ1) is 12.8. The molecule has 1 aliphatic heterocycles. The molecule has 1 aliphatic rings. The lowest BCUT2D eigenvalue weighted by Crippen LogP contribution is -2.40. The summed E-state index contributed by atoms with van der Waals surface area (Å²) in [7, 11) is 2.13. The van der Waals surface area contributed by atoms with Crippen LogP contribution >= 0.6 is 0 Å². The number of nitrogens with one attached hydrogen (secondary N) is 1. The van der Waals surface area contributed by atoms with E-state index in [4.69, 9.17) is 5.11 Å². The Labute approximate surface area is 107 Å². The molecule has 0 amide bonds. The summed E-state index contributed by atoms with van der Waals surface area (Å²) in [5.74, 6) is -0.359. The Kier molecular flexibility index (Phi) is 4.15. The summed E-state index contributed by atoms with van der Waals surface area (Å²) in [6.45, 7) is 1.95. The van der Waals surface area contributed by atoms with Gasteiger partial charge in [-0.15, -0.1) is 0 Å². The molecule has 1 atom stereocenters. The first-order valence-electron chi connectivity index (χ1n) is 6.31. The van der Waals surface area contributed by atoms with E-state index in [1.54, 1.807) is 12.1 Å². The Morgan fingerprint density at radius 2 is 2.39 bits per heavy atom. The maximum atomic E-state index is 10.8. The van der Waals surface area contributed by atoms with Crippen LogP contribution in [0.1, 0.15) is 29.8 Å². The fraction of sp³-hybridized carbons (Fsp3) is 0.538. The molecule has 5 nitrogen and oxygen atoms in total. The minimum atomic E-state index is -0.992. The maximum absolute atomic E-state index is 10.8. The van der Waals surface area contributed by atoms with Crippen molar-refractivity contribution in [1.82, 2.24) is 9.88 Å². The van der Waals surface area contributed by atoms with Crippen molar-refractivity contribution in [2.24, 2.45) is 0 Å². The predicted molar refractivity (Wildman–Crippen MR) is 70.0 cm³/mol. The van der Waals surface area contributed by atoms with Gasteiger partial charge in [0, 0.05) is 12.6 Å². The standard InChI is InChI=1S/C13H19N3O2/c1-16-8-3-2-5-10(16)9-14-12-7-4-6-11(15-12)13(17)18/h4,6-7,10H,2-3,5,8-9H2,1H3,(H,14,15)(H,17,18). The highest BCUT2D eigenvalue weighted by Crippen LogP contribution is 2.15. The van der Waals surface area contributed by atoms with Crippen LogP contribution in [0.4, 0.5) is 5.82 Å². The molecule has 1 saturated heterocycles. The van der Waals surface area contributed by atoms with Crippen molar-refractivity contribution in [1.29, 1.82) is 0 Å². The van der Waals surface area contributed by atoms with Crippen LogP contribution in [0.3, 0.4) is 0 Å². The fourth-order valence-electron chi connectivity index (χ4n) is 2.28. The second kappa shape index (κ2) is 5.82. The molecule has 2 N–H and O–H groups in total. The predicted octanol–water partition coefficient (Wildman–Crippen LogP) is 1.68. The number of likely N-dealkylation sites (tertiary alicyclic amines) is 1. The molecule has 1 unspecified atom stereocenters. The molecule has 0 aliphatic carbocycles. The first-order chi connectivity index (χ1) is 8.66. The van der Waals surface area contributed by atoms with Crippen molar-refractivity contribution in [3.05, 3.63) is 23.9 Å². The summed E-state index contributed by atoms with van der Waals surface area (Å²) in [4.78, 5) is 17.2. The Morgan fingerprint density at radius 3 is 3.11 bits per heavy atom. The van der Waals surface area contributed by atoms with Crippen LogP contribution in [-0.4, -0.2) is 47.1 Å². The van der Waals surface area contributed by atoms with Crippen molar-refractivity contribution in [2.45, 2.75) is 25.3 Å². The van der Waals surface area contributed by atoms with Gasteiger partial charge >= 0.3 is 5.97 Å². The van der Waals surface area contributed by atoms with E-state index in [2.05, 4.69) is 22.2 Å². The van der Waals surface area contributed by atoms with Crippen molar-refractivity contribution >= 4 is 11.8 Å². The number of aromatic carboxylic acids is 1. The number of hydrogen-bond donors (Lipinski definition) is 2. The second-order valence-corrected chi connectivity index (χ2v) is 4.72. The number of rotatable bonds is 4. The zero-order chi connectivity index (χ0) is 13.0. The molecular weight excluding hydrogens is 230 g/mol. The molecule has 5 heteroatoms. The normalized spacial score (nSPS) is 20.6. The summed E-state index contributed by atoms with van der Waals surface area (Å²) in [5.41, 5.74) is 0.0806. The number of carbonyl (C=O) groups is 1. The van der Waals surface area contributed by atoms with Gasteiger partial charge in [0.05, 0.1) is 0 Å². The van der Waals surface area contributed by atoms with Gasteiger partial charge in [-0.05, 0) is 38.6 Å². The van der Waals surface area contributed by atoms with Gasteiger partial charge in [-0.1, -0.05) is 12.5 Å². The Balaban J connectivity index is 1.93. The van der Waals surface area contributed by atoms with E-state index in [1.165, 1.54) is 25.3 Å². The highest BCUT2D eigenvalue weighted by molar-refractivity contribution is 5.85. The number of hydrogen-bond acceptors (Lipinski definition) is 4. The number of anilines is 1. The lowest BCUT2D eigenvalue weighted by molar-refractivity contribution is 0.0690. The average molecular weight is 249 g/mol. The van der Waals surface area contributed by atoms with Gasteiger partial charge in [-0.25, -0.2) is 9.78 Å². The van der Waals surface area contributed by atoms with Gasteiger partial charge in [0.1, 0.15) is 5.82 Å². The number of carboxylic acids is 1. The average Bonchev–Trinajstić information content (AvgIpc) is 2.38. The number of carboxylic acid groups (broad SMARTS) is 1. The monoisotopic (exact) mass is 249 g/mol. The highest BCUT2D eigenvalue weighted by Gasteiger charge is 2.18. The number of aromatic nitrogens is 1. The SMILES string of the molecule is CN1CCCCC1CNc1cccc(C(=O)O)n1. The molecule has 2 heterocycles. The summed E-state index contributed by atoms with van der Waals surface area (Å²) >= 11 is 0. The fourth-order valence-corrected chi connectivity index (χ4v) is 2.28. The van der Waals surface area contributed by atoms with Crippen molar-refractivity contribution in [2.75, 3.05) is 25.5 Å². The number of nitrogens with zero attached hydrogens (tertiary/aromatic N) is 2. The van der Waals surface area contributed by atoms with Crippen molar-refractivity contribution in [3.8, 4) is 0 Å². The lowest BCUT2D eigenvalue weighted by Gasteiger charge is -2.32. The van der Waals surface area contributed by atoms with Crippen LogP contribution in [0.2, 0.25) is 0 Å². The van der Waals surface area contributed by atoms with Gasteiger partial charge in [-0.3, -0.25) is 0 Å². The third kappa shape index (κ3) is 3.20. The molecule has 0 spiro atoms. The maximum Gasteiger partial charge on any atom is 0.354 e. The first-order valence-corrected chi connectivity index (χ1v) is 6.31. The van der Waals surface area contributed by atoms with E-state index in [1.807, 2.05) is 0 Å². The summed E-state index contributed by atoms with van der Waals surface area (Å²) in [6.07, 6.45) is 3.71. The molecule has 1 fully saturated rings. The van der Waals surface area contributed by atoms with E-state index in [0.717, 1.165) is 13.1 Å². The minimum Gasteiger partial charge on any atom is -0.477 e. The van der Waals surface area contributed by atoms with E-state index in [-0.39, 0.29) is 5.69 Å². The van der Waals surface area contributed by atoms with Crippen LogP contribution in [0.25, 0.3) is 0 Å². The molecule has 0 saturated carbocycles. The zero-order valence-corrected chi connectivity index (χ0v) is 10.6. The Hall–Kier alpha value is -1.62. The molecule has 0 aromatic carbocycles. The number of piperidine rings is 1. The zero-order valence-electron chi connectivity index (χ0n) is 10.6. The van der Waals surface area contributed by atoms with Gasteiger partial charge in [0.2, 0.25) is 0 Å². The Morgan fingerprint density at radius 1 is 1.56 bits per heavy atom. The topological polar surface area (TPSA) is 65.5 Å². The van der Waals surface area contributed by atoms with Crippen LogP contribution in [0.15, 0.2) is 18.2 Å². The quantitative estimate of drug-likeness (QED) is 0.850. The van der Waals surface area contributed by atoms with Crippen LogP contribution < -0.4 is 5.32 Å². The summed E-state index contributed by atoms with van der Waals surface area (Å²) in [6, 6.07) is 5.52. The third-order valence-corrected chi connectivity index (χ3v) is 3.41.